The van der Waals surface area contributed by atoms with Crippen LogP contribution in [0, 0.1) is 0 Å². The lowest BCUT2D eigenvalue weighted by atomic mass is 10.1. The number of benzene rings is 2. The smallest absolute Gasteiger partial charge is 0.313 e. The van der Waals surface area contributed by atoms with E-state index in [4.69, 9.17) is 0 Å². The van der Waals surface area contributed by atoms with Gasteiger partial charge in [-0.25, -0.2) is 0 Å². The monoisotopic (exact) mass is 371 g/mol. The Hall–Kier alpha value is -2.80. The first-order valence-corrected chi connectivity index (χ1v) is 9.25. The number of hydrogen-bond donors (Lipinski definition) is 3. The Morgan fingerprint density at radius 2 is 1.58 bits per heavy atom. The van der Waals surface area contributed by atoms with Gasteiger partial charge < -0.3 is 16.0 Å². The quantitative estimate of drug-likeness (QED) is 0.556. The summed E-state index contributed by atoms with van der Waals surface area (Å²) in [6.45, 7) is 3.23. The van der Waals surface area contributed by atoms with Crippen LogP contribution < -0.4 is 16.0 Å². The summed E-state index contributed by atoms with van der Waals surface area (Å²) < 4.78 is 0. The Kier molecular flexibility index (Phi) is 6.80. The van der Waals surface area contributed by atoms with Gasteiger partial charge in [0.05, 0.1) is 6.04 Å². The van der Waals surface area contributed by atoms with E-state index in [-0.39, 0.29) is 11.9 Å². The van der Waals surface area contributed by atoms with Crippen LogP contribution in [-0.2, 0) is 14.4 Å². The number of amides is 3. The third-order valence-corrected chi connectivity index (χ3v) is 4.41. The summed E-state index contributed by atoms with van der Waals surface area (Å²) >= 11 is 1.58. The number of nitrogens with one attached hydrogen (secondary N) is 3. The lowest BCUT2D eigenvalue weighted by Gasteiger charge is -2.17. The molecule has 0 aliphatic rings. The molecule has 0 aliphatic heterocycles. The third-order valence-electron chi connectivity index (χ3n) is 3.60. The number of rotatable bonds is 5. The predicted octanol–water partition coefficient (Wildman–Crippen LogP) is 3.18. The van der Waals surface area contributed by atoms with Crippen molar-refractivity contribution in [2.24, 2.45) is 0 Å². The van der Waals surface area contributed by atoms with E-state index in [0.717, 1.165) is 10.5 Å². The second-order valence-electron chi connectivity index (χ2n) is 5.65. The number of carbonyl (C=O) groups is 3. The fourth-order valence-electron chi connectivity index (χ4n) is 2.43. The van der Waals surface area contributed by atoms with Crippen molar-refractivity contribution in [3.05, 3.63) is 54.1 Å². The Morgan fingerprint density at radius 1 is 0.923 bits per heavy atom. The average Bonchev–Trinajstić information content (AvgIpc) is 2.61. The first-order chi connectivity index (χ1) is 12.4. The summed E-state index contributed by atoms with van der Waals surface area (Å²) in [5, 5.41) is 7.86. The number of anilines is 2. The zero-order valence-electron chi connectivity index (χ0n) is 14.8. The minimum Gasteiger partial charge on any atom is -0.341 e. The van der Waals surface area contributed by atoms with Gasteiger partial charge in [-0.3, -0.25) is 14.4 Å². The van der Waals surface area contributed by atoms with Crippen molar-refractivity contribution in [3.8, 4) is 0 Å². The van der Waals surface area contributed by atoms with Gasteiger partial charge in [0.25, 0.3) is 0 Å². The Bertz CT molecular complexity index is 823. The van der Waals surface area contributed by atoms with Gasteiger partial charge in [0.15, 0.2) is 0 Å². The number of carbonyl (C=O) groups excluding carboxylic acids is 3. The highest BCUT2D eigenvalue weighted by Gasteiger charge is 2.18. The number of hydrogen-bond acceptors (Lipinski definition) is 4. The molecule has 3 N–H and O–H groups in total. The highest BCUT2D eigenvalue weighted by atomic mass is 32.2. The molecule has 0 heterocycles. The van der Waals surface area contributed by atoms with E-state index in [2.05, 4.69) is 16.0 Å². The lowest BCUT2D eigenvalue weighted by Crippen LogP contribution is -2.37. The molecule has 136 valence electrons. The largest absolute Gasteiger partial charge is 0.341 e. The lowest BCUT2D eigenvalue weighted by molar-refractivity contribution is -0.136. The molecule has 0 saturated carbocycles. The molecule has 0 bridgehead atoms. The van der Waals surface area contributed by atoms with Crippen LogP contribution in [-0.4, -0.2) is 24.0 Å². The minimum atomic E-state index is -0.765. The molecule has 0 spiro atoms. The van der Waals surface area contributed by atoms with Gasteiger partial charge in [-0.05, 0) is 43.0 Å². The molecule has 7 heteroatoms. The zero-order chi connectivity index (χ0) is 19.1. The van der Waals surface area contributed by atoms with Crippen LogP contribution in [0.2, 0.25) is 0 Å². The highest BCUT2D eigenvalue weighted by Crippen LogP contribution is 2.25. The molecule has 0 saturated heterocycles. The summed E-state index contributed by atoms with van der Waals surface area (Å²) in [4.78, 5) is 36.5. The summed E-state index contributed by atoms with van der Waals surface area (Å²) in [5.41, 5.74) is 1.92. The van der Waals surface area contributed by atoms with Gasteiger partial charge in [0.1, 0.15) is 0 Å². The van der Waals surface area contributed by atoms with E-state index in [0.29, 0.717) is 11.4 Å². The first kappa shape index (κ1) is 19.5. The van der Waals surface area contributed by atoms with Crippen molar-refractivity contribution in [3.63, 3.8) is 0 Å². The first-order valence-electron chi connectivity index (χ1n) is 8.03. The van der Waals surface area contributed by atoms with E-state index in [1.165, 1.54) is 6.92 Å². The van der Waals surface area contributed by atoms with Crippen molar-refractivity contribution in [2.45, 2.75) is 24.8 Å². The van der Waals surface area contributed by atoms with Gasteiger partial charge >= 0.3 is 11.8 Å². The van der Waals surface area contributed by atoms with E-state index < -0.39 is 11.8 Å². The normalized spacial score (nSPS) is 11.3. The van der Waals surface area contributed by atoms with Crippen LogP contribution in [0.5, 0.6) is 0 Å². The van der Waals surface area contributed by atoms with E-state index in [9.17, 15) is 14.4 Å². The average molecular weight is 371 g/mol. The second-order valence-corrected chi connectivity index (χ2v) is 6.50. The van der Waals surface area contributed by atoms with Gasteiger partial charge in [-0.2, -0.15) is 0 Å². The number of thioether (sulfide) groups is 1. The molecule has 0 fully saturated rings. The molecular formula is C19H21N3O3S. The SMILES string of the molecule is CSc1ccccc1[C@@H](C)NC(=O)C(=O)Nc1cccc(NC(C)=O)c1. The maximum atomic E-state index is 12.2. The van der Waals surface area contributed by atoms with Crippen molar-refractivity contribution < 1.29 is 14.4 Å². The zero-order valence-corrected chi connectivity index (χ0v) is 15.6. The van der Waals surface area contributed by atoms with Gasteiger partial charge in [0.2, 0.25) is 5.91 Å². The summed E-state index contributed by atoms with van der Waals surface area (Å²) in [6.07, 6.45) is 1.96. The van der Waals surface area contributed by atoms with E-state index >= 15 is 0 Å². The van der Waals surface area contributed by atoms with E-state index in [1.54, 1.807) is 36.0 Å². The maximum Gasteiger partial charge on any atom is 0.313 e. The molecule has 2 aromatic carbocycles. The predicted molar refractivity (Wildman–Crippen MR) is 104 cm³/mol. The van der Waals surface area contributed by atoms with Crippen molar-refractivity contribution in [1.29, 1.82) is 0 Å². The van der Waals surface area contributed by atoms with Crippen LogP contribution >= 0.6 is 11.8 Å². The highest BCUT2D eigenvalue weighted by molar-refractivity contribution is 7.98. The summed E-state index contributed by atoms with van der Waals surface area (Å²) in [7, 11) is 0. The Balaban J connectivity index is 2.01. The fourth-order valence-corrected chi connectivity index (χ4v) is 3.13. The molecule has 6 nitrogen and oxygen atoms in total. The molecular weight excluding hydrogens is 350 g/mol. The molecule has 26 heavy (non-hydrogen) atoms. The Labute approximate surface area is 156 Å². The molecule has 3 amide bonds. The van der Waals surface area contributed by atoms with Gasteiger partial charge in [0, 0.05) is 23.2 Å². The third kappa shape index (κ3) is 5.35. The van der Waals surface area contributed by atoms with Crippen molar-refractivity contribution in [1.82, 2.24) is 5.32 Å². The minimum absolute atomic E-state index is 0.215. The van der Waals surface area contributed by atoms with E-state index in [1.807, 2.05) is 37.4 Å². The van der Waals surface area contributed by atoms with Crippen molar-refractivity contribution >= 4 is 40.9 Å². The molecule has 2 aromatic rings. The molecule has 0 aromatic heterocycles. The second kappa shape index (κ2) is 9.05. The molecule has 0 radical (unpaired) electrons. The molecule has 1 atom stereocenters. The van der Waals surface area contributed by atoms with Crippen molar-refractivity contribution in [2.75, 3.05) is 16.9 Å². The fraction of sp³-hybridized carbons (Fsp3) is 0.211. The topological polar surface area (TPSA) is 87.3 Å². The van der Waals surface area contributed by atoms with Gasteiger partial charge in [-0.1, -0.05) is 24.3 Å². The summed E-state index contributed by atoms with van der Waals surface area (Å²) in [5.74, 6) is -1.70. The molecule has 2 rings (SSSR count). The maximum absolute atomic E-state index is 12.2. The van der Waals surface area contributed by atoms with Crippen LogP contribution in [0.3, 0.4) is 0 Å². The van der Waals surface area contributed by atoms with Crippen LogP contribution in [0.25, 0.3) is 0 Å². The molecule has 0 unspecified atom stereocenters. The molecule has 0 aliphatic carbocycles. The summed E-state index contributed by atoms with van der Waals surface area (Å²) in [6, 6.07) is 14.0. The standard InChI is InChI=1S/C19H21N3O3S/c1-12(16-9-4-5-10-17(16)26-3)20-18(24)19(25)22-15-8-6-7-14(11-15)21-13(2)23/h4-12H,1-3H3,(H,20,24)(H,21,23)(H,22,25)/t12-/m1/s1. The van der Waals surface area contributed by atoms with Gasteiger partial charge in [-0.15, -0.1) is 11.8 Å². The van der Waals surface area contributed by atoms with Crippen LogP contribution in [0.1, 0.15) is 25.5 Å². The van der Waals surface area contributed by atoms with Crippen LogP contribution in [0.15, 0.2) is 53.4 Å². The Morgan fingerprint density at radius 3 is 2.23 bits per heavy atom. The van der Waals surface area contributed by atoms with Crippen LogP contribution in [0.4, 0.5) is 11.4 Å².